The molecule has 9 heteroatoms. The number of aromatic amines is 2. The quantitative estimate of drug-likeness (QED) is 0.0418. The van der Waals surface area contributed by atoms with Gasteiger partial charge in [0.05, 0.1) is 90.9 Å². The molecule has 0 fully saturated rings. The van der Waals surface area contributed by atoms with Crippen LogP contribution in [0.25, 0.3) is 68.6 Å². The second-order valence-corrected chi connectivity index (χ2v) is 20.5. The summed E-state index contributed by atoms with van der Waals surface area (Å²) in [6, 6.07) is 29.7. The van der Waals surface area contributed by atoms with Gasteiger partial charge >= 0.3 is 0 Å². The van der Waals surface area contributed by atoms with Crippen LogP contribution in [0, 0.1) is 0 Å². The number of benzene rings is 2. The van der Waals surface area contributed by atoms with E-state index < -0.39 is 0 Å². The molecule has 2 aromatic carbocycles. The average molecular weight is 906 g/mol. The lowest BCUT2D eigenvalue weighted by Crippen LogP contribution is -2.44. The number of H-pyrrole nitrogens is 2. The lowest BCUT2D eigenvalue weighted by molar-refractivity contribution is -0.890. The van der Waals surface area contributed by atoms with E-state index in [1.807, 2.05) is 0 Å². The second kappa shape index (κ2) is 24.0. The minimum absolute atomic E-state index is 0.693. The Hall–Kier alpha value is -5.48. The molecule has 7 rings (SSSR count). The summed E-state index contributed by atoms with van der Waals surface area (Å²) in [5, 5.41) is 0. The van der Waals surface area contributed by atoms with Crippen molar-refractivity contribution in [1.29, 1.82) is 0 Å². The molecule has 67 heavy (non-hydrogen) atoms. The molecule has 0 radical (unpaired) electrons. The number of rotatable bonds is 26. The summed E-state index contributed by atoms with van der Waals surface area (Å²) in [6.45, 7) is 9.40. The van der Waals surface area contributed by atoms with Crippen LogP contribution < -0.4 is 9.47 Å². The minimum atomic E-state index is 0.693. The summed E-state index contributed by atoms with van der Waals surface area (Å²) in [5.74, 6) is 1.79. The average Bonchev–Trinajstić information content (AvgIpc) is 4.15. The molecular weight excluding hydrogens is 827 g/mol. The first kappa shape index (κ1) is 49.4. The van der Waals surface area contributed by atoms with Gasteiger partial charge in [-0.3, -0.25) is 0 Å². The molecule has 2 N–H and O–H groups in total. The van der Waals surface area contributed by atoms with E-state index in [1.54, 1.807) is 0 Å². The third-order valence-corrected chi connectivity index (χ3v) is 13.1. The fourth-order valence-electron chi connectivity index (χ4n) is 9.04. The Morgan fingerprint density at radius 1 is 0.493 bits per heavy atom. The first-order chi connectivity index (χ1) is 32.4. The highest BCUT2D eigenvalue weighted by Gasteiger charge is 2.17. The summed E-state index contributed by atoms with van der Waals surface area (Å²) >= 11 is 0. The molecule has 0 amide bonds. The van der Waals surface area contributed by atoms with E-state index in [0.29, 0.717) is 6.61 Å². The SMILES string of the molecule is CCCCCCCCCCCCOc1ccc(-c2c3nc(cc4ccc([nH]4)c(-c4ccc(OCCC[N+](C)(C)CCCN(C)CC[N+](C)(C)C)cc4)c4nc(cc5ccc2[nH]5)C=C4)C=C3)cc1. The van der Waals surface area contributed by atoms with Crippen LogP contribution in [0.3, 0.4) is 0 Å². The lowest BCUT2D eigenvalue weighted by Gasteiger charge is -2.31. The van der Waals surface area contributed by atoms with E-state index in [4.69, 9.17) is 19.4 Å². The van der Waals surface area contributed by atoms with Crippen LogP contribution in [0.15, 0.2) is 84.9 Å². The second-order valence-electron chi connectivity index (χ2n) is 20.5. The maximum absolute atomic E-state index is 6.29. The number of unbranched alkanes of at least 4 members (excludes halogenated alkanes) is 9. The third-order valence-electron chi connectivity index (χ3n) is 13.1. The number of nitrogens with zero attached hydrogens (tertiary/aromatic N) is 5. The maximum Gasteiger partial charge on any atom is 0.119 e. The van der Waals surface area contributed by atoms with Crippen LogP contribution in [0.5, 0.6) is 11.5 Å². The monoisotopic (exact) mass is 906 g/mol. The van der Waals surface area contributed by atoms with Gasteiger partial charge in [0.25, 0.3) is 0 Å². The van der Waals surface area contributed by atoms with E-state index >= 15 is 0 Å². The molecule has 0 spiro atoms. The number of hydrogen-bond donors (Lipinski definition) is 2. The molecule has 2 aliphatic heterocycles. The molecule has 5 aromatic rings. The lowest BCUT2D eigenvalue weighted by atomic mass is 10.0. The first-order valence-corrected chi connectivity index (χ1v) is 25.3. The normalized spacial score (nSPS) is 12.7. The zero-order valence-electron chi connectivity index (χ0n) is 41.9. The predicted molar refractivity (Wildman–Crippen MR) is 284 cm³/mol. The van der Waals surface area contributed by atoms with Crippen molar-refractivity contribution in [3.63, 3.8) is 0 Å². The maximum atomic E-state index is 6.29. The van der Waals surface area contributed by atoms with Gasteiger partial charge in [0, 0.05) is 59.1 Å². The minimum Gasteiger partial charge on any atom is -0.494 e. The van der Waals surface area contributed by atoms with Gasteiger partial charge in [0.2, 0.25) is 0 Å². The highest BCUT2D eigenvalue weighted by atomic mass is 16.5. The molecule has 0 saturated carbocycles. The zero-order chi connectivity index (χ0) is 47.1. The summed E-state index contributed by atoms with van der Waals surface area (Å²) in [6.07, 6.45) is 23.8. The fourth-order valence-corrected chi connectivity index (χ4v) is 9.04. The highest BCUT2D eigenvalue weighted by Crippen LogP contribution is 2.34. The number of fused-ring (bicyclic) bond motifs is 8. The summed E-state index contributed by atoms with van der Waals surface area (Å²) in [4.78, 5) is 20.2. The topological polar surface area (TPSA) is 79.1 Å². The summed E-state index contributed by atoms with van der Waals surface area (Å²) < 4.78 is 14.5. The van der Waals surface area contributed by atoms with E-state index in [0.717, 1.165) is 133 Å². The van der Waals surface area contributed by atoms with E-state index in [9.17, 15) is 0 Å². The van der Waals surface area contributed by atoms with Crippen molar-refractivity contribution in [3.05, 3.63) is 108 Å². The first-order valence-electron chi connectivity index (χ1n) is 25.3. The Kier molecular flexibility index (Phi) is 17.7. The van der Waals surface area contributed by atoms with Crippen molar-refractivity contribution < 1.29 is 18.4 Å². The van der Waals surface area contributed by atoms with Gasteiger partial charge in [-0.1, -0.05) is 89.0 Å². The molecule has 8 bridgehead atoms. The number of aromatic nitrogens is 4. The van der Waals surface area contributed by atoms with Crippen molar-refractivity contribution in [2.45, 2.75) is 84.0 Å². The van der Waals surface area contributed by atoms with Crippen LogP contribution in [0.4, 0.5) is 0 Å². The van der Waals surface area contributed by atoms with Crippen molar-refractivity contribution in [3.8, 4) is 33.8 Å². The van der Waals surface area contributed by atoms with Gasteiger partial charge in [-0.25, -0.2) is 9.97 Å². The van der Waals surface area contributed by atoms with Crippen LogP contribution >= 0.6 is 0 Å². The number of quaternary nitrogens is 2. The number of nitrogens with one attached hydrogen (secondary N) is 2. The Balaban J connectivity index is 1.02. The number of hydrogen-bond acceptors (Lipinski definition) is 5. The molecule has 5 heterocycles. The number of likely N-dealkylation sites (N-methyl/N-ethyl adjacent to an activating group) is 2. The number of ether oxygens (including phenoxy) is 2. The molecular formula is C58H79N7O2+2. The van der Waals surface area contributed by atoms with Gasteiger partial charge < -0.3 is 33.3 Å². The van der Waals surface area contributed by atoms with Crippen LogP contribution in [0.1, 0.15) is 107 Å². The van der Waals surface area contributed by atoms with Crippen LogP contribution in [-0.4, -0.2) is 122 Å². The smallest absolute Gasteiger partial charge is 0.119 e. The third kappa shape index (κ3) is 15.3. The highest BCUT2D eigenvalue weighted by molar-refractivity contribution is 5.93. The zero-order valence-corrected chi connectivity index (χ0v) is 41.9. The van der Waals surface area contributed by atoms with Gasteiger partial charge in [0.15, 0.2) is 0 Å². The van der Waals surface area contributed by atoms with Crippen molar-refractivity contribution in [2.24, 2.45) is 0 Å². The molecule has 356 valence electrons. The van der Waals surface area contributed by atoms with Crippen molar-refractivity contribution in [1.82, 2.24) is 24.8 Å². The molecule has 0 saturated heterocycles. The van der Waals surface area contributed by atoms with E-state index in [1.165, 1.54) is 70.8 Å². The molecule has 9 nitrogen and oxygen atoms in total. The predicted octanol–water partition coefficient (Wildman–Crippen LogP) is 13.2. The summed E-state index contributed by atoms with van der Waals surface area (Å²) in [7, 11) is 13.7. The molecule has 3 aromatic heterocycles. The Morgan fingerprint density at radius 2 is 0.955 bits per heavy atom. The van der Waals surface area contributed by atoms with E-state index in [-0.39, 0.29) is 0 Å². The molecule has 0 aliphatic carbocycles. The standard InChI is InChI=1S/C58H79N7O2/c1-8-9-10-11-12-13-14-15-16-17-41-66-51-28-20-45(21-29-51)57-53-32-24-47(59-53)43-49-26-34-55(61-49)58(56-35-27-50(62-56)44-48-25-33-54(57)60-48)46-22-30-52(31-23-46)67-42-19-39-65(6,7)38-18-36-63(2)37-40-64(3,4)5/h20-35,43-44,59,62H,8-19,36-42H2,1-7H3/q+2. The van der Waals surface area contributed by atoms with Crippen LogP contribution in [-0.2, 0) is 0 Å². The van der Waals surface area contributed by atoms with E-state index in [2.05, 4.69) is 173 Å². The van der Waals surface area contributed by atoms with Gasteiger partial charge in [0.1, 0.15) is 11.5 Å². The molecule has 2 aliphatic rings. The Bertz CT molecular complexity index is 2560. The summed E-state index contributed by atoms with van der Waals surface area (Å²) in [5.41, 5.74) is 11.8. The van der Waals surface area contributed by atoms with Crippen LogP contribution in [0.2, 0.25) is 0 Å². The Labute approximate surface area is 401 Å². The largest absolute Gasteiger partial charge is 0.494 e. The fraction of sp³-hybridized carbons (Fsp3) is 0.448. The molecule has 0 unspecified atom stereocenters. The van der Waals surface area contributed by atoms with Crippen molar-refractivity contribution in [2.75, 3.05) is 88.2 Å². The van der Waals surface area contributed by atoms with Gasteiger partial charge in [-0.15, -0.1) is 0 Å². The van der Waals surface area contributed by atoms with Gasteiger partial charge in [-0.05, 0) is 110 Å². The molecule has 0 atom stereocenters. The Morgan fingerprint density at radius 3 is 1.45 bits per heavy atom. The van der Waals surface area contributed by atoms with Crippen molar-refractivity contribution >= 4 is 46.4 Å². The van der Waals surface area contributed by atoms with Gasteiger partial charge in [-0.2, -0.15) is 0 Å².